The van der Waals surface area contributed by atoms with Gasteiger partial charge < -0.3 is 25.9 Å². The smallest absolute Gasteiger partial charge is 0.323 e. The van der Waals surface area contributed by atoms with Gasteiger partial charge in [-0.1, -0.05) is 13.8 Å². The number of ether oxygens (including phenoxy) is 1. The number of nitrogens with zero attached hydrogens (tertiary/aromatic N) is 3. The molecular formula is C15H24N6O4. The molecule has 10 nitrogen and oxygen atoms in total. The lowest BCUT2D eigenvalue weighted by atomic mass is 10.1. The Morgan fingerprint density at radius 2 is 2.20 bits per heavy atom. The second-order valence-electron chi connectivity index (χ2n) is 6.30. The van der Waals surface area contributed by atoms with Crippen molar-refractivity contribution in [2.45, 2.75) is 32.9 Å². The minimum atomic E-state index is -0.684. The molecule has 0 amide bonds. The summed E-state index contributed by atoms with van der Waals surface area (Å²) in [5, 5.41) is 9.48. The predicted octanol–water partition coefficient (Wildman–Crippen LogP) is -0.773. The van der Waals surface area contributed by atoms with E-state index >= 15 is 0 Å². The van der Waals surface area contributed by atoms with Crippen molar-refractivity contribution in [3.05, 3.63) is 16.7 Å². The Labute approximate surface area is 144 Å². The molecule has 0 aliphatic rings. The SMILES string of the molecule is CC(C)[C@H](N)C(=O)OCC(CO)CCn1cnc2c(=O)[nH]c(N)nc21. The second-order valence-corrected chi connectivity index (χ2v) is 6.30. The molecule has 0 saturated carbocycles. The number of aliphatic hydroxyl groups is 1. The molecular weight excluding hydrogens is 328 g/mol. The van der Waals surface area contributed by atoms with Gasteiger partial charge in [-0.2, -0.15) is 4.98 Å². The van der Waals surface area contributed by atoms with E-state index in [1.54, 1.807) is 4.57 Å². The molecule has 2 heterocycles. The van der Waals surface area contributed by atoms with E-state index in [1.165, 1.54) is 6.33 Å². The highest BCUT2D eigenvalue weighted by Gasteiger charge is 2.20. The van der Waals surface area contributed by atoms with Crippen molar-refractivity contribution in [2.75, 3.05) is 18.9 Å². The predicted molar refractivity (Wildman–Crippen MR) is 91.5 cm³/mol. The first-order valence-corrected chi connectivity index (χ1v) is 8.07. The molecule has 138 valence electrons. The number of fused-ring (bicyclic) bond motifs is 1. The lowest BCUT2D eigenvalue weighted by Gasteiger charge is -2.18. The number of imidazole rings is 1. The number of aryl methyl sites for hydroxylation is 1. The summed E-state index contributed by atoms with van der Waals surface area (Å²) in [6.07, 6.45) is 1.99. The van der Waals surface area contributed by atoms with E-state index in [1.807, 2.05) is 13.8 Å². The van der Waals surface area contributed by atoms with E-state index in [0.717, 1.165) is 0 Å². The zero-order valence-corrected chi connectivity index (χ0v) is 14.3. The normalized spacial score (nSPS) is 14.0. The highest BCUT2D eigenvalue weighted by molar-refractivity contribution is 5.75. The van der Waals surface area contributed by atoms with Gasteiger partial charge in [0.1, 0.15) is 6.04 Å². The quantitative estimate of drug-likeness (QED) is 0.450. The van der Waals surface area contributed by atoms with Gasteiger partial charge in [-0.05, 0) is 12.3 Å². The number of rotatable bonds is 8. The van der Waals surface area contributed by atoms with Crippen LogP contribution in [0, 0.1) is 11.8 Å². The van der Waals surface area contributed by atoms with Crippen LogP contribution in [0.1, 0.15) is 20.3 Å². The Hall–Kier alpha value is -2.46. The highest BCUT2D eigenvalue weighted by atomic mass is 16.5. The van der Waals surface area contributed by atoms with Gasteiger partial charge in [0.05, 0.1) is 12.9 Å². The average molecular weight is 352 g/mol. The molecule has 0 saturated heterocycles. The Kier molecular flexibility index (Phi) is 6.10. The number of nitrogens with two attached hydrogens (primary N) is 2. The number of carbonyl (C=O) groups excluding carboxylic acids is 1. The minimum Gasteiger partial charge on any atom is -0.464 e. The zero-order chi connectivity index (χ0) is 18.6. The van der Waals surface area contributed by atoms with Crippen LogP contribution < -0.4 is 17.0 Å². The van der Waals surface area contributed by atoms with Gasteiger partial charge in [-0.15, -0.1) is 0 Å². The minimum absolute atomic E-state index is 0.00885. The van der Waals surface area contributed by atoms with Crippen molar-refractivity contribution in [3.63, 3.8) is 0 Å². The topological polar surface area (TPSA) is 162 Å². The number of aliphatic hydroxyl groups excluding tert-OH is 1. The number of anilines is 1. The summed E-state index contributed by atoms with van der Waals surface area (Å²) < 4.78 is 6.85. The first-order chi connectivity index (χ1) is 11.8. The number of aromatic nitrogens is 4. The molecule has 2 atom stereocenters. The molecule has 0 fully saturated rings. The molecule has 0 aliphatic carbocycles. The molecule has 2 aromatic rings. The van der Waals surface area contributed by atoms with E-state index in [2.05, 4.69) is 15.0 Å². The molecule has 0 aromatic carbocycles. The van der Waals surface area contributed by atoms with E-state index in [0.29, 0.717) is 18.6 Å². The van der Waals surface area contributed by atoms with Gasteiger partial charge in [0, 0.05) is 19.1 Å². The Bertz CT molecular complexity index is 784. The number of carbonyl (C=O) groups is 1. The third-order valence-corrected chi connectivity index (χ3v) is 3.98. The third-order valence-electron chi connectivity index (χ3n) is 3.98. The maximum absolute atomic E-state index is 11.8. The number of nitrogens with one attached hydrogen (secondary N) is 1. The Morgan fingerprint density at radius 1 is 1.48 bits per heavy atom. The monoisotopic (exact) mass is 352 g/mol. The first kappa shape index (κ1) is 18.9. The van der Waals surface area contributed by atoms with Crippen molar-refractivity contribution in [1.29, 1.82) is 0 Å². The van der Waals surface area contributed by atoms with Crippen molar-refractivity contribution in [3.8, 4) is 0 Å². The number of hydrogen-bond donors (Lipinski definition) is 4. The average Bonchev–Trinajstić information content (AvgIpc) is 2.97. The van der Waals surface area contributed by atoms with Crippen LogP contribution in [0.4, 0.5) is 5.95 Å². The van der Waals surface area contributed by atoms with E-state index in [4.69, 9.17) is 16.2 Å². The van der Waals surface area contributed by atoms with Crippen LogP contribution in [-0.2, 0) is 16.1 Å². The molecule has 2 aromatic heterocycles. The van der Waals surface area contributed by atoms with Crippen LogP contribution in [0.2, 0.25) is 0 Å². The summed E-state index contributed by atoms with van der Waals surface area (Å²) in [7, 11) is 0. The standard InChI is InChI=1S/C15H24N6O4/c1-8(2)10(16)14(24)25-6-9(5-22)3-4-21-7-18-11-12(21)19-15(17)20-13(11)23/h7-10,22H,3-6,16H2,1-2H3,(H3,17,19,20,23)/t9?,10-/m0/s1. The molecule has 10 heteroatoms. The number of aromatic amines is 1. The van der Waals surface area contributed by atoms with E-state index in [-0.39, 0.29) is 36.5 Å². The largest absolute Gasteiger partial charge is 0.464 e. The molecule has 2 rings (SSSR count). The molecule has 25 heavy (non-hydrogen) atoms. The molecule has 0 bridgehead atoms. The van der Waals surface area contributed by atoms with Gasteiger partial charge in [0.25, 0.3) is 5.56 Å². The van der Waals surface area contributed by atoms with Gasteiger partial charge in [0.15, 0.2) is 11.2 Å². The summed E-state index contributed by atoms with van der Waals surface area (Å²) in [4.78, 5) is 34.0. The molecule has 0 spiro atoms. The molecule has 0 radical (unpaired) electrons. The highest BCUT2D eigenvalue weighted by Crippen LogP contribution is 2.12. The number of H-pyrrole nitrogens is 1. The maximum atomic E-state index is 11.8. The number of hydrogen-bond acceptors (Lipinski definition) is 8. The van der Waals surface area contributed by atoms with Gasteiger partial charge in [0.2, 0.25) is 5.95 Å². The summed E-state index contributed by atoms with van der Waals surface area (Å²) in [6.45, 7) is 4.02. The van der Waals surface area contributed by atoms with Crippen molar-refractivity contribution < 1.29 is 14.6 Å². The van der Waals surface area contributed by atoms with Crippen molar-refractivity contribution in [2.24, 2.45) is 17.6 Å². The fourth-order valence-corrected chi connectivity index (χ4v) is 2.25. The summed E-state index contributed by atoms with van der Waals surface area (Å²) in [5.74, 6) is -0.760. The van der Waals surface area contributed by atoms with Crippen LogP contribution in [-0.4, -0.2) is 49.9 Å². The summed E-state index contributed by atoms with van der Waals surface area (Å²) in [6, 6.07) is -0.684. The van der Waals surface area contributed by atoms with Crippen LogP contribution in [0.15, 0.2) is 11.1 Å². The van der Waals surface area contributed by atoms with Crippen molar-refractivity contribution in [1.82, 2.24) is 19.5 Å². The first-order valence-electron chi connectivity index (χ1n) is 8.07. The molecule has 6 N–H and O–H groups in total. The maximum Gasteiger partial charge on any atom is 0.323 e. The number of nitrogen functional groups attached to an aromatic ring is 1. The van der Waals surface area contributed by atoms with Crippen LogP contribution in [0.25, 0.3) is 11.2 Å². The van der Waals surface area contributed by atoms with Gasteiger partial charge in [-0.3, -0.25) is 14.6 Å². The number of esters is 1. The van der Waals surface area contributed by atoms with Crippen LogP contribution in [0.3, 0.4) is 0 Å². The molecule has 1 unspecified atom stereocenters. The molecule has 0 aliphatic heterocycles. The van der Waals surface area contributed by atoms with E-state index in [9.17, 15) is 14.7 Å². The zero-order valence-electron chi connectivity index (χ0n) is 14.3. The van der Waals surface area contributed by atoms with E-state index < -0.39 is 17.6 Å². The van der Waals surface area contributed by atoms with Gasteiger partial charge >= 0.3 is 5.97 Å². The third kappa shape index (κ3) is 4.54. The lowest BCUT2D eigenvalue weighted by molar-refractivity contribution is -0.148. The van der Waals surface area contributed by atoms with Crippen molar-refractivity contribution >= 4 is 23.1 Å². The summed E-state index contributed by atoms with van der Waals surface area (Å²) in [5.41, 5.74) is 11.4. The summed E-state index contributed by atoms with van der Waals surface area (Å²) >= 11 is 0. The van der Waals surface area contributed by atoms with Gasteiger partial charge in [-0.25, -0.2) is 4.98 Å². The Morgan fingerprint density at radius 3 is 2.84 bits per heavy atom. The van der Waals surface area contributed by atoms with Crippen LogP contribution in [0.5, 0.6) is 0 Å². The van der Waals surface area contributed by atoms with Crippen LogP contribution >= 0.6 is 0 Å². The second kappa shape index (κ2) is 8.08. The Balaban J connectivity index is 1.97. The fraction of sp³-hybridized carbons (Fsp3) is 0.600. The lowest BCUT2D eigenvalue weighted by Crippen LogP contribution is -2.38. The fourth-order valence-electron chi connectivity index (χ4n) is 2.25.